The molecule has 0 saturated heterocycles. The molecule has 0 heterocycles. The molecule has 0 aliphatic carbocycles. The molecule has 7 heteroatoms. The van der Waals surface area contributed by atoms with Gasteiger partial charge in [0.25, 0.3) is 0 Å². The van der Waals surface area contributed by atoms with E-state index in [1.807, 2.05) is 0 Å². The van der Waals surface area contributed by atoms with Crippen LogP contribution in [-0.2, 0) is 19.4 Å². The fourth-order valence-corrected chi connectivity index (χ4v) is 1.14. The topological polar surface area (TPSA) is 83.5 Å². The maximum atomic E-state index is 10.5. The van der Waals surface area contributed by atoms with Gasteiger partial charge in [-0.3, -0.25) is 4.18 Å². The van der Waals surface area contributed by atoms with Crippen LogP contribution in [0.2, 0.25) is 0 Å². The molecule has 0 spiro atoms. The summed E-state index contributed by atoms with van der Waals surface area (Å²) in [5, 5.41) is 0. The molecule has 0 unspecified atom stereocenters. The molecule has 14 heavy (non-hydrogen) atoms. The fourth-order valence-electron chi connectivity index (χ4n) is 0.814. The Labute approximate surface area is 106 Å². The van der Waals surface area contributed by atoms with Crippen molar-refractivity contribution in [1.29, 1.82) is 0 Å². The SMILES string of the molecule is CC(=O)CCCCCOS(=O)(=O)[O-].[Na+]. The number of Topliss-reactive ketones (excluding diaryl/α,β-unsaturated/α-hetero) is 1. The molecule has 0 aliphatic rings. The molecule has 0 aliphatic heterocycles. The summed E-state index contributed by atoms with van der Waals surface area (Å²) in [7, 11) is -4.54. The zero-order chi connectivity index (χ0) is 10.3. The van der Waals surface area contributed by atoms with E-state index in [1.54, 1.807) is 0 Å². The molecule has 0 bridgehead atoms. The van der Waals surface area contributed by atoms with Gasteiger partial charge >= 0.3 is 29.6 Å². The summed E-state index contributed by atoms with van der Waals surface area (Å²) >= 11 is 0. The monoisotopic (exact) mass is 232 g/mol. The van der Waals surface area contributed by atoms with Gasteiger partial charge in [0.2, 0.25) is 10.4 Å². The third kappa shape index (κ3) is 15.0. The number of hydrogen-bond acceptors (Lipinski definition) is 5. The second-order valence-corrected chi connectivity index (χ2v) is 3.80. The van der Waals surface area contributed by atoms with E-state index >= 15 is 0 Å². The minimum atomic E-state index is -4.54. The van der Waals surface area contributed by atoms with E-state index in [0.717, 1.165) is 0 Å². The Morgan fingerprint density at radius 1 is 1.29 bits per heavy atom. The Morgan fingerprint density at radius 3 is 2.29 bits per heavy atom. The summed E-state index contributed by atoms with van der Waals surface area (Å²) in [4.78, 5) is 10.5. The van der Waals surface area contributed by atoms with Crippen molar-refractivity contribution in [2.24, 2.45) is 0 Å². The molecule has 0 N–H and O–H groups in total. The summed E-state index contributed by atoms with van der Waals surface area (Å²) in [6, 6.07) is 0. The summed E-state index contributed by atoms with van der Waals surface area (Å²) < 4.78 is 33.8. The summed E-state index contributed by atoms with van der Waals surface area (Å²) in [6.45, 7) is 1.41. The first-order valence-electron chi connectivity index (χ1n) is 4.01. The zero-order valence-corrected chi connectivity index (χ0v) is 11.3. The molecule has 0 rings (SSSR count). The standard InChI is InChI=1S/C7H14O5S.Na/c1-7(8)5-3-2-4-6-12-13(9,10)11;/h2-6H2,1H3,(H,9,10,11);/q;+1/p-1. The molecule has 0 aromatic rings. The van der Waals surface area contributed by atoms with Crippen LogP contribution < -0.4 is 29.6 Å². The molecule has 5 nitrogen and oxygen atoms in total. The third-order valence-corrected chi connectivity index (χ3v) is 1.86. The van der Waals surface area contributed by atoms with Crippen molar-refractivity contribution in [3.05, 3.63) is 0 Å². The third-order valence-electron chi connectivity index (χ3n) is 1.40. The van der Waals surface area contributed by atoms with Crippen LogP contribution in [-0.4, -0.2) is 25.4 Å². The number of hydrogen-bond donors (Lipinski definition) is 0. The van der Waals surface area contributed by atoms with E-state index in [0.29, 0.717) is 25.7 Å². The Morgan fingerprint density at radius 2 is 1.86 bits per heavy atom. The van der Waals surface area contributed by atoms with Crippen LogP contribution in [0.5, 0.6) is 0 Å². The average molecular weight is 232 g/mol. The molecule has 78 valence electrons. The normalized spacial score (nSPS) is 10.7. The Hall–Kier alpha value is 0.540. The van der Waals surface area contributed by atoms with Crippen molar-refractivity contribution < 1.29 is 51.5 Å². The van der Waals surface area contributed by atoms with Crippen LogP contribution in [0.4, 0.5) is 0 Å². The molecule has 0 aromatic carbocycles. The number of carbonyl (C=O) groups is 1. The van der Waals surface area contributed by atoms with Gasteiger partial charge in [0.1, 0.15) is 5.78 Å². The van der Waals surface area contributed by atoms with Crippen molar-refractivity contribution in [3.63, 3.8) is 0 Å². The number of rotatable bonds is 7. The van der Waals surface area contributed by atoms with Crippen LogP contribution >= 0.6 is 0 Å². The second-order valence-electron chi connectivity index (χ2n) is 2.74. The molecule has 0 saturated carbocycles. The number of unbranched alkanes of at least 4 members (excludes halogenated alkanes) is 2. The molecular weight excluding hydrogens is 219 g/mol. The summed E-state index contributed by atoms with van der Waals surface area (Å²) in [6.07, 6.45) is 2.37. The smallest absolute Gasteiger partial charge is 0.726 e. The van der Waals surface area contributed by atoms with Gasteiger partial charge < -0.3 is 9.35 Å². The van der Waals surface area contributed by atoms with Gasteiger partial charge in [0.05, 0.1) is 6.61 Å². The van der Waals surface area contributed by atoms with E-state index < -0.39 is 10.4 Å². The average Bonchev–Trinajstić information content (AvgIpc) is 1.93. The second kappa shape index (κ2) is 8.82. The maximum Gasteiger partial charge on any atom is 1.00 e. The van der Waals surface area contributed by atoms with E-state index in [1.165, 1.54) is 6.92 Å². The van der Waals surface area contributed by atoms with Crippen molar-refractivity contribution in [1.82, 2.24) is 0 Å². The first kappa shape index (κ1) is 17.0. The molecule has 0 fully saturated rings. The molecule has 0 amide bonds. The maximum absolute atomic E-state index is 10.5. The number of carbonyl (C=O) groups excluding carboxylic acids is 1. The minimum Gasteiger partial charge on any atom is -0.726 e. The molecule has 0 aromatic heterocycles. The van der Waals surface area contributed by atoms with E-state index in [9.17, 15) is 17.8 Å². The summed E-state index contributed by atoms with van der Waals surface area (Å²) in [5.41, 5.74) is 0. The minimum absolute atomic E-state index is 0. The zero-order valence-electron chi connectivity index (χ0n) is 8.49. The Kier molecular flexibility index (Phi) is 10.7. The molecular formula is C7H13NaO5S. The number of ketones is 1. The van der Waals surface area contributed by atoms with Gasteiger partial charge in [0, 0.05) is 6.42 Å². The Balaban J connectivity index is 0. The fraction of sp³-hybridized carbons (Fsp3) is 0.857. The Bertz CT molecular complexity index is 249. The van der Waals surface area contributed by atoms with Gasteiger partial charge in [-0.15, -0.1) is 0 Å². The molecule has 0 radical (unpaired) electrons. The van der Waals surface area contributed by atoms with E-state index in [-0.39, 0.29) is 41.9 Å². The van der Waals surface area contributed by atoms with Gasteiger partial charge in [0.15, 0.2) is 0 Å². The largest absolute Gasteiger partial charge is 1.00 e. The van der Waals surface area contributed by atoms with E-state index in [2.05, 4.69) is 4.18 Å². The first-order chi connectivity index (χ1) is 5.92. The van der Waals surface area contributed by atoms with E-state index in [4.69, 9.17) is 0 Å². The van der Waals surface area contributed by atoms with Crippen LogP contribution in [0.25, 0.3) is 0 Å². The predicted octanol–water partition coefficient (Wildman–Crippen LogP) is -2.38. The van der Waals surface area contributed by atoms with Crippen molar-refractivity contribution in [2.45, 2.75) is 32.6 Å². The van der Waals surface area contributed by atoms with Gasteiger partial charge in [-0.1, -0.05) is 6.42 Å². The van der Waals surface area contributed by atoms with Crippen LogP contribution in [0.3, 0.4) is 0 Å². The van der Waals surface area contributed by atoms with Crippen molar-refractivity contribution in [2.75, 3.05) is 6.61 Å². The van der Waals surface area contributed by atoms with Crippen molar-refractivity contribution >= 4 is 16.2 Å². The molecule has 0 atom stereocenters. The predicted molar refractivity (Wildman–Crippen MR) is 44.8 cm³/mol. The van der Waals surface area contributed by atoms with Gasteiger partial charge in [-0.2, -0.15) is 0 Å². The summed E-state index contributed by atoms with van der Waals surface area (Å²) in [5.74, 6) is 0.109. The van der Waals surface area contributed by atoms with Crippen LogP contribution in [0.15, 0.2) is 0 Å². The first-order valence-corrected chi connectivity index (χ1v) is 5.35. The van der Waals surface area contributed by atoms with Crippen molar-refractivity contribution in [3.8, 4) is 0 Å². The quantitative estimate of drug-likeness (QED) is 0.212. The van der Waals surface area contributed by atoms with Crippen LogP contribution in [0, 0.1) is 0 Å². The van der Waals surface area contributed by atoms with Crippen LogP contribution in [0.1, 0.15) is 32.6 Å². The van der Waals surface area contributed by atoms with Gasteiger partial charge in [-0.05, 0) is 19.8 Å². The van der Waals surface area contributed by atoms with Gasteiger partial charge in [-0.25, -0.2) is 8.42 Å².